The van der Waals surface area contributed by atoms with E-state index in [0.717, 1.165) is 12.0 Å². The van der Waals surface area contributed by atoms with Gasteiger partial charge < -0.3 is 18.9 Å². The van der Waals surface area contributed by atoms with Crippen LogP contribution < -0.4 is 0 Å². The molecule has 4 nitrogen and oxygen atoms in total. The van der Waals surface area contributed by atoms with E-state index in [2.05, 4.69) is 12.1 Å². The molecule has 0 aromatic heterocycles. The van der Waals surface area contributed by atoms with Crippen molar-refractivity contribution in [3.8, 4) is 0 Å². The van der Waals surface area contributed by atoms with E-state index in [1.807, 2.05) is 32.0 Å². The molecule has 1 heterocycles. The molecule has 2 rings (SSSR count). The van der Waals surface area contributed by atoms with Crippen LogP contribution >= 0.6 is 0 Å². The molecule has 3 unspecified atom stereocenters. The van der Waals surface area contributed by atoms with Crippen LogP contribution in [0.4, 0.5) is 0 Å². The van der Waals surface area contributed by atoms with E-state index in [-0.39, 0.29) is 6.10 Å². The molecule has 0 aliphatic carbocycles. The predicted molar refractivity (Wildman–Crippen MR) is 76.4 cm³/mol. The van der Waals surface area contributed by atoms with Gasteiger partial charge in [-0.2, -0.15) is 0 Å². The molecule has 112 valence electrons. The van der Waals surface area contributed by atoms with Gasteiger partial charge >= 0.3 is 0 Å². The van der Waals surface area contributed by atoms with E-state index >= 15 is 0 Å². The van der Waals surface area contributed by atoms with Crippen molar-refractivity contribution in [2.75, 3.05) is 20.8 Å². The number of hydrogen-bond acceptors (Lipinski definition) is 4. The fourth-order valence-electron chi connectivity index (χ4n) is 2.52. The average molecular weight is 280 g/mol. The summed E-state index contributed by atoms with van der Waals surface area (Å²) in [6.07, 6.45) is 0.740. The van der Waals surface area contributed by atoms with Crippen molar-refractivity contribution >= 4 is 0 Å². The van der Waals surface area contributed by atoms with Crippen molar-refractivity contribution in [3.05, 3.63) is 35.9 Å². The SMILES string of the molecule is COC1(C)CC(OCc2ccccc2)COC1(C)OC. The van der Waals surface area contributed by atoms with Crippen LogP contribution in [0.5, 0.6) is 0 Å². The van der Waals surface area contributed by atoms with E-state index in [9.17, 15) is 0 Å². The van der Waals surface area contributed by atoms with Crippen molar-refractivity contribution < 1.29 is 18.9 Å². The molecule has 1 fully saturated rings. The maximum absolute atomic E-state index is 5.94. The second-order valence-corrected chi connectivity index (χ2v) is 5.52. The minimum absolute atomic E-state index is 0.00313. The lowest BCUT2D eigenvalue weighted by Gasteiger charge is -2.49. The molecule has 0 spiro atoms. The monoisotopic (exact) mass is 280 g/mol. The van der Waals surface area contributed by atoms with Crippen LogP contribution in [0.2, 0.25) is 0 Å². The summed E-state index contributed by atoms with van der Waals surface area (Å²) in [5.41, 5.74) is 0.633. The topological polar surface area (TPSA) is 36.9 Å². The van der Waals surface area contributed by atoms with Gasteiger partial charge in [-0.05, 0) is 19.4 Å². The van der Waals surface area contributed by atoms with Crippen LogP contribution in [0.25, 0.3) is 0 Å². The Morgan fingerprint density at radius 3 is 2.45 bits per heavy atom. The van der Waals surface area contributed by atoms with E-state index in [4.69, 9.17) is 18.9 Å². The molecular weight excluding hydrogens is 256 g/mol. The Kier molecular flexibility index (Phi) is 4.81. The molecule has 1 aromatic rings. The third-order valence-electron chi connectivity index (χ3n) is 4.29. The fourth-order valence-corrected chi connectivity index (χ4v) is 2.52. The van der Waals surface area contributed by atoms with Gasteiger partial charge in [0.1, 0.15) is 5.60 Å². The van der Waals surface area contributed by atoms with Gasteiger partial charge in [0.2, 0.25) is 0 Å². The van der Waals surface area contributed by atoms with E-state index in [1.165, 1.54) is 0 Å². The Balaban J connectivity index is 1.96. The molecule has 0 bridgehead atoms. The first-order valence-corrected chi connectivity index (χ1v) is 6.93. The van der Waals surface area contributed by atoms with Crippen molar-refractivity contribution in [1.29, 1.82) is 0 Å². The largest absolute Gasteiger partial charge is 0.373 e. The van der Waals surface area contributed by atoms with E-state index in [1.54, 1.807) is 14.2 Å². The highest BCUT2D eigenvalue weighted by atomic mass is 16.7. The molecule has 0 saturated carbocycles. The van der Waals surface area contributed by atoms with E-state index < -0.39 is 11.4 Å². The number of methoxy groups -OCH3 is 2. The summed E-state index contributed by atoms with van der Waals surface area (Å²) < 4.78 is 22.9. The lowest BCUT2D eigenvalue weighted by molar-refractivity contribution is -0.341. The molecule has 3 atom stereocenters. The van der Waals surface area contributed by atoms with E-state index in [0.29, 0.717) is 13.2 Å². The van der Waals surface area contributed by atoms with Gasteiger partial charge in [-0.1, -0.05) is 30.3 Å². The van der Waals surface area contributed by atoms with Gasteiger partial charge in [-0.25, -0.2) is 0 Å². The van der Waals surface area contributed by atoms with Gasteiger partial charge in [0.25, 0.3) is 0 Å². The summed E-state index contributed by atoms with van der Waals surface area (Å²) in [6.45, 7) is 4.99. The summed E-state index contributed by atoms with van der Waals surface area (Å²) in [5, 5.41) is 0. The minimum Gasteiger partial charge on any atom is -0.373 e. The van der Waals surface area contributed by atoms with Crippen LogP contribution in [-0.4, -0.2) is 38.3 Å². The van der Waals surface area contributed by atoms with Crippen molar-refractivity contribution in [2.45, 2.75) is 44.4 Å². The lowest BCUT2D eigenvalue weighted by atomic mass is 9.87. The summed E-state index contributed by atoms with van der Waals surface area (Å²) >= 11 is 0. The molecule has 4 heteroatoms. The smallest absolute Gasteiger partial charge is 0.194 e. The maximum atomic E-state index is 5.94. The molecular formula is C16H24O4. The zero-order chi connectivity index (χ0) is 14.6. The number of benzene rings is 1. The standard InChI is InChI=1S/C16H24O4/c1-15(17-3)10-14(12-20-16(15,2)18-4)19-11-13-8-6-5-7-9-13/h5-9,14H,10-12H2,1-4H3. The zero-order valence-electron chi connectivity index (χ0n) is 12.7. The van der Waals surface area contributed by atoms with Gasteiger partial charge in [-0.3, -0.25) is 0 Å². The third kappa shape index (κ3) is 3.04. The summed E-state index contributed by atoms with van der Waals surface area (Å²) in [4.78, 5) is 0. The highest BCUT2D eigenvalue weighted by molar-refractivity contribution is 5.13. The normalized spacial score (nSPS) is 34.1. The first-order valence-electron chi connectivity index (χ1n) is 6.93. The highest BCUT2D eigenvalue weighted by Gasteiger charge is 2.52. The van der Waals surface area contributed by atoms with Gasteiger partial charge in [0, 0.05) is 20.6 Å². The van der Waals surface area contributed by atoms with Crippen LogP contribution in [-0.2, 0) is 25.6 Å². The fraction of sp³-hybridized carbons (Fsp3) is 0.625. The Morgan fingerprint density at radius 1 is 1.15 bits per heavy atom. The Bertz CT molecular complexity index is 422. The van der Waals surface area contributed by atoms with Crippen LogP contribution in [0, 0.1) is 0 Å². The predicted octanol–water partition coefficient (Wildman–Crippen LogP) is 2.76. The first-order chi connectivity index (χ1) is 9.53. The molecule has 0 radical (unpaired) electrons. The molecule has 1 aliphatic rings. The number of ether oxygens (including phenoxy) is 4. The van der Waals surface area contributed by atoms with Gasteiger partial charge in [-0.15, -0.1) is 0 Å². The van der Waals surface area contributed by atoms with Crippen LogP contribution in [0.1, 0.15) is 25.8 Å². The molecule has 1 aliphatic heterocycles. The lowest BCUT2D eigenvalue weighted by Crippen LogP contribution is -2.60. The molecule has 1 saturated heterocycles. The molecule has 1 aromatic carbocycles. The second kappa shape index (κ2) is 6.22. The Hall–Kier alpha value is -0.940. The van der Waals surface area contributed by atoms with Crippen LogP contribution in [0.3, 0.4) is 0 Å². The first kappa shape index (κ1) is 15.4. The second-order valence-electron chi connectivity index (χ2n) is 5.52. The van der Waals surface area contributed by atoms with Crippen LogP contribution in [0.15, 0.2) is 30.3 Å². The summed E-state index contributed by atoms with van der Waals surface area (Å²) in [5.74, 6) is -0.742. The zero-order valence-corrected chi connectivity index (χ0v) is 12.7. The van der Waals surface area contributed by atoms with Crippen molar-refractivity contribution in [1.82, 2.24) is 0 Å². The Labute approximate surface area is 121 Å². The number of hydrogen-bond donors (Lipinski definition) is 0. The van der Waals surface area contributed by atoms with Gasteiger partial charge in [0.05, 0.1) is 19.3 Å². The molecule has 0 N–H and O–H groups in total. The van der Waals surface area contributed by atoms with Gasteiger partial charge in [0.15, 0.2) is 5.79 Å². The van der Waals surface area contributed by atoms with Crippen molar-refractivity contribution in [2.24, 2.45) is 0 Å². The molecule has 0 amide bonds. The Morgan fingerprint density at radius 2 is 1.85 bits per heavy atom. The quantitative estimate of drug-likeness (QED) is 0.831. The van der Waals surface area contributed by atoms with Crippen molar-refractivity contribution in [3.63, 3.8) is 0 Å². The number of rotatable bonds is 5. The average Bonchev–Trinajstić information content (AvgIpc) is 2.49. The highest BCUT2D eigenvalue weighted by Crippen LogP contribution is 2.38. The maximum Gasteiger partial charge on any atom is 0.194 e. The minimum atomic E-state index is -0.742. The summed E-state index contributed by atoms with van der Waals surface area (Å²) in [7, 11) is 3.32. The third-order valence-corrected chi connectivity index (χ3v) is 4.29. The molecule has 20 heavy (non-hydrogen) atoms. The summed E-state index contributed by atoms with van der Waals surface area (Å²) in [6, 6.07) is 10.1.